The number of alkyl halides is 3. The maximum absolute atomic E-state index is 12.3. The summed E-state index contributed by atoms with van der Waals surface area (Å²) in [7, 11) is 0. The predicted octanol–water partition coefficient (Wildman–Crippen LogP) is 3.23. The normalized spacial score (nSPS) is 18.8. The molecule has 1 N–H and O–H groups in total. The second-order valence-electron chi connectivity index (χ2n) is 4.21. The Kier molecular flexibility index (Phi) is 3.89. The first-order valence-electron chi connectivity index (χ1n) is 5.58. The summed E-state index contributed by atoms with van der Waals surface area (Å²) in [6, 6.07) is 5.97. The van der Waals surface area contributed by atoms with E-state index in [9.17, 15) is 22.8 Å². The monoisotopic (exact) mass is 302 g/mol. The average Bonchev–Trinajstić information content (AvgIpc) is 2.86. The molecule has 1 aliphatic heterocycles. The number of carbonyl (C=O) groups excluding carboxylic acids is 1. The second kappa shape index (κ2) is 5.32. The SMILES string of the molecule is O=C(O)c1cccc(C2C=C(C(=O)C(F)(F)F)SC2)c1. The van der Waals surface area contributed by atoms with Gasteiger partial charge in [-0.3, -0.25) is 4.79 Å². The standard InChI is InChI=1S/C13H9F3O3S/c14-13(15,16)11(17)10-5-9(6-20-10)7-2-1-3-8(4-7)12(18)19/h1-5,9H,6H2,(H,18,19). The number of benzene rings is 1. The number of hydrogen-bond donors (Lipinski definition) is 1. The van der Waals surface area contributed by atoms with Crippen molar-refractivity contribution < 1.29 is 27.9 Å². The molecule has 20 heavy (non-hydrogen) atoms. The second-order valence-corrected chi connectivity index (χ2v) is 5.27. The highest BCUT2D eigenvalue weighted by Crippen LogP contribution is 2.39. The van der Waals surface area contributed by atoms with Crippen molar-refractivity contribution in [3.63, 3.8) is 0 Å². The molecule has 1 aliphatic rings. The lowest BCUT2D eigenvalue weighted by molar-refractivity contribution is -0.165. The van der Waals surface area contributed by atoms with Gasteiger partial charge in [0, 0.05) is 11.7 Å². The van der Waals surface area contributed by atoms with Gasteiger partial charge in [0.15, 0.2) is 0 Å². The molecule has 3 nitrogen and oxygen atoms in total. The number of aromatic carboxylic acids is 1. The highest BCUT2D eigenvalue weighted by Gasteiger charge is 2.42. The van der Waals surface area contributed by atoms with Crippen LogP contribution in [0.1, 0.15) is 21.8 Å². The van der Waals surface area contributed by atoms with Crippen LogP contribution in [-0.4, -0.2) is 28.8 Å². The topological polar surface area (TPSA) is 54.4 Å². The van der Waals surface area contributed by atoms with Crippen LogP contribution in [0.4, 0.5) is 13.2 Å². The summed E-state index contributed by atoms with van der Waals surface area (Å²) in [4.78, 5) is 21.6. The third kappa shape index (κ3) is 3.04. The summed E-state index contributed by atoms with van der Waals surface area (Å²) < 4.78 is 37.0. The van der Waals surface area contributed by atoms with Crippen LogP contribution < -0.4 is 0 Å². The van der Waals surface area contributed by atoms with Gasteiger partial charge >= 0.3 is 12.1 Å². The molecule has 0 radical (unpaired) electrons. The Bertz CT molecular complexity index is 593. The Morgan fingerprint density at radius 1 is 1.30 bits per heavy atom. The van der Waals surface area contributed by atoms with Gasteiger partial charge in [-0.2, -0.15) is 13.2 Å². The Morgan fingerprint density at radius 3 is 2.60 bits per heavy atom. The number of Topliss-reactive ketones (excluding diaryl/α,β-unsaturated/α-hetero) is 1. The van der Waals surface area contributed by atoms with E-state index < -0.39 is 17.9 Å². The third-order valence-corrected chi connectivity index (χ3v) is 3.97. The quantitative estimate of drug-likeness (QED) is 0.931. The van der Waals surface area contributed by atoms with Crippen molar-refractivity contribution in [3.8, 4) is 0 Å². The zero-order valence-electron chi connectivity index (χ0n) is 9.98. The Hall–Kier alpha value is -1.76. The Morgan fingerprint density at radius 2 is 2.00 bits per heavy atom. The summed E-state index contributed by atoms with van der Waals surface area (Å²) in [6.45, 7) is 0. The molecule has 0 amide bonds. The first-order valence-corrected chi connectivity index (χ1v) is 6.57. The fraction of sp³-hybridized carbons (Fsp3) is 0.231. The minimum Gasteiger partial charge on any atom is -0.478 e. The van der Waals surface area contributed by atoms with Crippen LogP contribution in [0, 0.1) is 0 Å². The van der Waals surface area contributed by atoms with Gasteiger partial charge in [0.2, 0.25) is 0 Å². The molecule has 0 aromatic heterocycles. The summed E-state index contributed by atoms with van der Waals surface area (Å²) in [6.07, 6.45) is -3.63. The van der Waals surface area contributed by atoms with Gasteiger partial charge in [0.1, 0.15) is 0 Å². The fourth-order valence-electron chi connectivity index (χ4n) is 1.83. The lowest BCUT2D eigenvalue weighted by Crippen LogP contribution is -2.22. The van der Waals surface area contributed by atoms with Crippen LogP contribution in [0.15, 0.2) is 35.2 Å². The van der Waals surface area contributed by atoms with Gasteiger partial charge in [0.05, 0.1) is 10.5 Å². The molecule has 1 aromatic rings. The highest BCUT2D eigenvalue weighted by atomic mass is 32.2. The summed E-state index contributed by atoms with van der Waals surface area (Å²) in [5, 5.41) is 8.88. The van der Waals surface area contributed by atoms with Gasteiger partial charge in [0.25, 0.3) is 5.78 Å². The lowest BCUT2D eigenvalue weighted by atomic mass is 9.98. The number of carboxylic acid groups (broad SMARTS) is 1. The van der Waals surface area contributed by atoms with E-state index in [0.29, 0.717) is 11.3 Å². The Labute approximate surface area is 116 Å². The van der Waals surface area contributed by atoms with E-state index >= 15 is 0 Å². The number of rotatable bonds is 3. The van der Waals surface area contributed by atoms with Crippen molar-refractivity contribution in [3.05, 3.63) is 46.4 Å². The first kappa shape index (κ1) is 14.6. The molecule has 0 aliphatic carbocycles. The average molecular weight is 302 g/mol. The van der Waals surface area contributed by atoms with Crippen molar-refractivity contribution in [2.24, 2.45) is 0 Å². The maximum Gasteiger partial charge on any atom is 0.455 e. The van der Waals surface area contributed by atoms with Crippen molar-refractivity contribution >= 4 is 23.5 Å². The summed E-state index contributed by atoms with van der Waals surface area (Å²) in [5.41, 5.74) is 0.652. The Balaban J connectivity index is 2.24. The summed E-state index contributed by atoms with van der Waals surface area (Å²) in [5.74, 6) is -3.05. The fourth-order valence-corrected chi connectivity index (χ4v) is 2.99. The van der Waals surface area contributed by atoms with E-state index in [1.807, 2.05) is 0 Å². The molecule has 0 fully saturated rings. The smallest absolute Gasteiger partial charge is 0.455 e. The summed E-state index contributed by atoms with van der Waals surface area (Å²) >= 11 is 0.839. The van der Waals surface area contributed by atoms with Crippen LogP contribution in [0.25, 0.3) is 0 Å². The zero-order chi connectivity index (χ0) is 14.9. The minimum atomic E-state index is -4.88. The molecule has 0 spiro atoms. The van der Waals surface area contributed by atoms with Crippen LogP contribution >= 0.6 is 11.8 Å². The first-order chi connectivity index (χ1) is 9.29. The van der Waals surface area contributed by atoms with Crippen LogP contribution in [-0.2, 0) is 4.79 Å². The predicted molar refractivity (Wildman–Crippen MR) is 67.7 cm³/mol. The molecule has 106 valence electrons. The number of hydrogen-bond acceptors (Lipinski definition) is 3. The van der Waals surface area contributed by atoms with Gasteiger partial charge in [-0.1, -0.05) is 18.2 Å². The maximum atomic E-state index is 12.3. The van der Waals surface area contributed by atoms with E-state index in [2.05, 4.69) is 0 Å². The van der Waals surface area contributed by atoms with E-state index in [1.165, 1.54) is 24.3 Å². The van der Waals surface area contributed by atoms with Crippen molar-refractivity contribution in [1.82, 2.24) is 0 Å². The molecule has 2 rings (SSSR count). The van der Waals surface area contributed by atoms with Gasteiger partial charge in [-0.05, 0) is 17.7 Å². The van der Waals surface area contributed by atoms with E-state index in [-0.39, 0.29) is 16.4 Å². The molecule has 0 saturated carbocycles. The number of carboxylic acids is 1. The van der Waals surface area contributed by atoms with Gasteiger partial charge in [-0.15, -0.1) is 11.8 Å². The molecule has 0 saturated heterocycles. The number of thioether (sulfide) groups is 1. The minimum absolute atomic E-state index is 0.0662. The highest BCUT2D eigenvalue weighted by molar-refractivity contribution is 8.04. The van der Waals surface area contributed by atoms with Crippen LogP contribution in [0.5, 0.6) is 0 Å². The number of ketones is 1. The van der Waals surface area contributed by atoms with E-state index in [4.69, 9.17) is 5.11 Å². The molecule has 1 aromatic carbocycles. The number of halogens is 3. The van der Waals surface area contributed by atoms with Gasteiger partial charge in [-0.25, -0.2) is 4.79 Å². The molecular weight excluding hydrogens is 293 g/mol. The van der Waals surface area contributed by atoms with Crippen LogP contribution in [0.3, 0.4) is 0 Å². The molecule has 1 atom stereocenters. The zero-order valence-corrected chi connectivity index (χ0v) is 10.8. The van der Waals surface area contributed by atoms with E-state index in [1.54, 1.807) is 6.07 Å². The van der Waals surface area contributed by atoms with Crippen molar-refractivity contribution in [2.45, 2.75) is 12.1 Å². The number of carbonyl (C=O) groups is 2. The molecular formula is C13H9F3O3S. The van der Waals surface area contributed by atoms with Crippen molar-refractivity contribution in [1.29, 1.82) is 0 Å². The number of allylic oxidation sites excluding steroid dienone is 2. The van der Waals surface area contributed by atoms with Crippen molar-refractivity contribution in [2.75, 3.05) is 5.75 Å². The largest absolute Gasteiger partial charge is 0.478 e. The molecule has 1 heterocycles. The van der Waals surface area contributed by atoms with Crippen LogP contribution in [0.2, 0.25) is 0 Å². The van der Waals surface area contributed by atoms with Gasteiger partial charge < -0.3 is 5.11 Å². The molecule has 7 heteroatoms. The lowest BCUT2D eigenvalue weighted by Gasteiger charge is -2.07. The van der Waals surface area contributed by atoms with E-state index in [0.717, 1.165) is 11.8 Å². The third-order valence-electron chi connectivity index (χ3n) is 2.81. The molecule has 0 bridgehead atoms. The molecule has 1 unspecified atom stereocenters.